The van der Waals surface area contributed by atoms with Crippen molar-refractivity contribution in [1.82, 2.24) is 4.57 Å². The number of nitrogens with zero attached hydrogens (tertiary/aromatic N) is 2. The average Bonchev–Trinajstić information content (AvgIpc) is 3.51. The number of aromatic nitrogens is 2. The van der Waals surface area contributed by atoms with Crippen molar-refractivity contribution in [2.45, 2.75) is 19.5 Å². The molecule has 4 heteroatoms. The van der Waals surface area contributed by atoms with Gasteiger partial charge in [0.15, 0.2) is 0 Å². The molecule has 6 rings (SSSR count). The molecule has 0 spiro atoms. The van der Waals surface area contributed by atoms with Crippen molar-refractivity contribution in [1.29, 1.82) is 0 Å². The van der Waals surface area contributed by atoms with E-state index in [9.17, 15) is 0 Å². The van der Waals surface area contributed by atoms with Crippen LogP contribution in [0.1, 0.15) is 23.4 Å². The van der Waals surface area contributed by atoms with Gasteiger partial charge in [0, 0.05) is 6.08 Å². The molecule has 36 heavy (non-hydrogen) atoms. The summed E-state index contributed by atoms with van der Waals surface area (Å²) < 4.78 is 4.20. The summed E-state index contributed by atoms with van der Waals surface area (Å²) in [6, 6.07) is 29.9. The molecule has 0 N–H and O–H groups in total. The van der Waals surface area contributed by atoms with Crippen LogP contribution < -0.4 is 4.57 Å². The Hall–Kier alpha value is -3.59. The van der Waals surface area contributed by atoms with Crippen LogP contribution in [0.4, 0.5) is 0 Å². The third-order valence-corrected chi connectivity index (χ3v) is 7.59. The van der Waals surface area contributed by atoms with E-state index < -0.39 is 0 Å². The number of imidazole rings is 1. The number of benzene rings is 4. The van der Waals surface area contributed by atoms with Gasteiger partial charge in [-0.3, -0.25) is 0 Å². The highest BCUT2D eigenvalue weighted by Crippen LogP contribution is 2.26. The fraction of sp³-hybridized carbons (Fsp3) is 0.0938. The normalized spacial score (nSPS) is 13.3. The quantitative estimate of drug-likeness (QED) is 0.204. The Labute approximate surface area is 221 Å². The first-order valence-corrected chi connectivity index (χ1v) is 12.9. The van der Waals surface area contributed by atoms with E-state index in [2.05, 4.69) is 124 Å². The molecular formula is C32H25Cl2N2+. The second kappa shape index (κ2) is 9.81. The average molecular weight is 508 g/mol. The van der Waals surface area contributed by atoms with Crippen molar-refractivity contribution >= 4 is 50.8 Å². The lowest BCUT2D eigenvalue weighted by Gasteiger charge is -2.06. The van der Waals surface area contributed by atoms with Gasteiger partial charge < -0.3 is 0 Å². The third kappa shape index (κ3) is 4.51. The van der Waals surface area contributed by atoms with Crippen molar-refractivity contribution in [2.75, 3.05) is 0 Å². The predicted octanol–water partition coefficient (Wildman–Crippen LogP) is 8.38. The molecule has 0 unspecified atom stereocenters. The Morgan fingerprint density at radius 3 is 2.06 bits per heavy atom. The maximum absolute atomic E-state index is 6.89. The minimum absolute atomic E-state index is 0.543. The molecule has 0 amide bonds. The van der Waals surface area contributed by atoms with Crippen molar-refractivity contribution in [3.8, 4) is 0 Å². The van der Waals surface area contributed by atoms with Crippen LogP contribution in [0.5, 0.6) is 0 Å². The van der Waals surface area contributed by atoms with Gasteiger partial charge in [-0.15, -0.1) is 0 Å². The lowest BCUT2D eigenvalue weighted by Crippen LogP contribution is -2.37. The summed E-state index contributed by atoms with van der Waals surface area (Å²) >= 11 is 13.8. The second-order valence-electron chi connectivity index (χ2n) is 9.15. The van der Waals surface area contributed by atoms with Crippen molar-refractivity contribution in [3.05, 3.63) is 142 Å². The summed E-state index contributed by atoms with van der Waals surface area (Å²) in [5, 5.41) is 5.97. The summed E-state index contributed by atoms with van der Waals surface area (Å²) in [5.41, 5.74) is 3.54. The molecule has 1 heterocycles. The summed E-state index contributed by atoms with van der Waals surface area (Å²) in [6.45, 7) is 1.26. The van der Waals surface area contributed by atoms with E-state index in [-0.39, 0.29) is 0 Å². The van der Waals surface area contributed by atoms with Crippen LogP contribution in [0.15, 0.2) is 115 Å². The van der Waals surface area contributed by atoms with Gasteiger partial charge in [-0.2, -0.15) is 0 Å². The largest absolute Gasteiger partial charge is 0.284 e. The Bertz CT molecular complexity index is 1580. The Morgan fingerprint density at radius 2 is 1.39 bits per heavy atom. The number of fused-ring (bicyclic) bond motifs is 2. The molecule has 0 aliphatic heterocycles. The van der Waals surface area contributed by atoms with Gasteiger partial charge in [-0.05, 0) is 86.1 Å². The monoisotopic (exact) mass is 507 g/mol. The molecule has 0 radical (unpaired) electrons. The van der Waals surface area contributed by atoms with E-state index in [4.69, 9.17) is 23.2 Å². The molecule has 4 aromatic carbocycles. The summed E-state index contributed by atoms with van der Waals surface area (Å²) in [6.07, 6.45) is 11.8. The van der Waals surface area contributed by atoms with Crippen molar-refractivity contribution in [3.63, 3.8) is 0 Å². The van der Waals surface area contributed by atoms with Crippen LogP contribution in [0.25, 0.3) is 27.6 Å². The molecule has 0 saturated carbocycles. The molecule has 1 aliphatic carbocycles. The molecule has 176 valence electrons. The van der Waals surface area contributed by atoms with Gasteiger partial charge in [-0.25, -0.2) is 9.13 Å². The Kier molecular flexibility index (Phi) is 6.23. The molecule has 0 bridgehead atoms. The lowest BCUT2D eigenvalue weighted by molar-refractivity contribution is -0.687. The maximum Gasteiger partial charge on any atom is 0.284 e. The van der Waals surface area contributed by atoms with E-state index in [0.29, 0.717) is 23.4 Å². The van der Waals surface area contributed by atoms with Crippen molar-refractivity contribution < 1.29 is 4.57 Å². The molecule has 1 aromatic heterocycles. The topological polar surface area (TPSA) is 8.81 Å². The first kappa shape index (κ1) is 22.8. The highest BCUT2D eigenvalue weighted by Gasteiger charge is 2.27. The van der Waals surface area contributed by atoms with Crippen LogP contribution in [0, 0.1) is 0 Å². The van der Waals surface area contributed by atoms with E-state index in [1.54, 1.807) is 0 Å². The second-order valence-corrected chi connectivity index (χ2v) is 9.87. The SMILES string of the molecule is Clc1c(Cl)[n+](Cc2ccc3ccccc3c2)c(/C=C/C2=CCC=C2)n1Cc1ccc2ccccc2c1. The van der Waals surface area contributed by atoms with Crippen LogP contribution in [0.2, 0.25) is 10.3 Å². The highest BCUT2D eigenvalue weighted by molar-refractivity contribution is 6.40. The lowest BCUT2D eigenvalue weighted by atomic mass is 10.1. The molecular weight excluding hydrogens is 483 g/mol. The number of halogens is 2. The van der Waals surface area contributed by atoms with Gasteiger partial charge >= 0.3 is 0 Å². The fourth-order valence-corrected chi connectivity index (χ4v) is 5.36. The Balaban J connectivity index is 1.43. The van der Waals surface area contributed by atoms with Crippen molar-refractivity contribution in [2.24, 2.45) is 0 Å². The van der Waals surface area contributed by atoms with E-state index >= 15 is 0 Å². The van der Waals surface area contributed by atoms with Crippen LogP contribution in [-0.4, -0.2) is 4.57 Å². The van der Waals surface area contributed by atoms with Gasteiger partial charge in [0.05, 0.1) is 0 Å². The first-order valence-electron chi connectivity index (χ1n) is 12.1. The van der Waals surface area contributed by atoms with Gasteiger partial charge in [0.2, 0.25) is 0 Å². The maximum atomic E-state index is 6.89. The van der Waals surface area contributed by atoms with Gasteiger partial charge in [0.1, 0.15) is 13.1 Å². The number of rotatable bonds is 6. The smallest absolute Gasteiger partial charge is 0.208 e. The summed E-state index contributed by atoms with van der Waals surface area (Å²) in [7, 11) is 0. The molecule has 0 saturated heterocycles. The predicted molar refractivity (Wildman–Crippen MR) is 152 cm³/mol. The molecule has 0 fully saturated rings. The minimum Gasteiger partial charge on any atom is -0.208 e. The minimum atomic E-state index is 0.543. The third-order valence-electron chi connectivity index (χ3n) is 6.73. The zero-order valence-electron chi connectivity index (χ0n) is 19.7. The van der Waals surface area contributed by atoms with Crippen LogP contribution in [0.3, 0.4) is 0 Å². The van der Waals surface area contributed by atoms with Gasteiger partial charge in [-0.1, -0.05) is 91.0 Å². The molecule has 2 nitrogen and oxygen atoms in total. The van der Waals surface area contributed by atoms with Gasteiger partial charge in [0.25, 0.3) is 16.1 Å². The van der Waals surface area contributed by atoms with Crippen LogP contribution >= 0.6 is 23.2 Å². The zero-order chi connectivity index (χ0) is 24.5. The number of hydrogen-bond acceptors (Lipinski definition) is 0. The van der Waals surface area contributed by atoms with E-state index in [1.165, 1.54) is 38.2 Å². The standard InChI is InChI=1S/C32H25Cl2N2/c33-31-32(34)36(22-25-14-17-27-10-4-6-12-29(27)20-25)30(18-15-23-7-1-2-8-23)35(31)21-24-13-16-26-9-3-5-11-28(26)19-24/h1,3-20H,2,21-22H2/q+1/b18-15+. The first-order chi connectivity index (χ1) is 17.7. The number of allylic oxidation sites excluding steroid dienone is 5. The molecule has 0 atom stereocenters. The molecule has 1 aliphatic rings. The number of hydrogen-bond donors (Lipinski definition) is 0. The highest BCUT2D eigenvalue weighted by atomic mass is 35.5. The fourth-order valence-electron chi connectivity index (χ4n) is 4.86. The molecule has 5 aromatic rings. The zero-order valence-corrected chi connectivity index (χ0v) is 21.3. The van der Waals surface area contributed by atoms with E-state index in [0.717, 1.165) is 12.2 Å². The Morgan fingerprint density at radius 1 is 0.750 bits per heavy atom. The summed E-state index contributed by atoms with van der Waals surface area (Å²) in [4.78, 5) is 0. The van der Waals surface area contributed by atoms with E-state index in [1.807, 2.05) is 0 Å². The summed E-state index contributed by atoms with van der Waals surface area (Å²) in [5.74, 6) is 0.965. The van der Waals surface area contributed by atoms with Crippen LogP contribution in [-0.2, 0) is 13.1 Å².